The Bertz CT molecular complexity index is 1740. The summed E-state index contributed by atoms with van der Waals surface area (Å²) in [5.74, 6) is -0.603. The molecule has 528 valence electrons. The van der Waals surface area contributed by atoms with Crippen LogP contribution in [0.3, 0.4) is 0 Å². The van der Waals surface area contributed by atoms with Gasteiger partial charge in [0.2, 0.25) is 0 Å². The number of unbranched alkanes of at least 4 members (excludes halogenated alkanes) is 38. The monoisotopic (exact) mass is 1310 g/mol. The molecule has 0 radical (unpaired) electrons. The van der Waals surface area contributed by atoms with E-state index in [-0.39, 0.29) is 25.7 Å². The third-order valence-corrected chi connectivity index (χ3v) is 18.5. The van der Waals surface area contributed by atoms with Crippen molar-refractivity contribution in [2.45, 2.75) is 374 Å². The molecule has 3 unspecified atom stereocenters. The minimum absolute atomic E-state index is 0.103. The first-order chi connectivity index (χ1) is 42.9. The highest BCUT2D eigenvalue weighted by Gasteiger charge is 2.30. The molecule has 0 aliphatic heterocycles. The van der Waals surface area contributed by atoms with Gasteiger partial charge in [0.1, 0.15) is 19.3 Å². The van der Waals surface area contributed by atoms with Gasteiger partial charge in [-0.3, -0.25) is 37.3 Å². The molecule has 17 nitrogen and oxygen atoms in total. The second kappa shape index (κ2) is 62.2. The highest BCUT2D eigenvalue weighted by atomic mass is 31.2. The topological polar surface area (TPSA) is 237 Å². The Labute approximate surface area is 543 Å². The number of ether oxygens (including phenoxy) is 4. The third kappa shape index (κ3) is 63.2. The van der Waals surface area contributed by atoms with Gasteiger partial charge >= 0.3 is 39.5 Å². The zero-order chi connectivity index (χ0) is 65.7. The number of esters is 4. The number of phosphoric ester groups is 2. The van der Waals surface area contributed by atoms with Gasteiger partial charge in [-0.1, -0.05) is 305 Å². The lowest BCUT2D eigenvalue weighted by atomic mass is 10.00. The van der Waals surface area contributed by atoms with Crippen LogP contribution < -0.4 is 0 Å². The predicted octanol–water partition coefficient (Wildman–Crippen LogP) is 20.0. The number of rotatable bonds is 69. The van der Waals surface area contributed by atoms with Gasteiger partial charge in [0.05, 0.1) is 26.4 Å². The molecule has 0 aromatic carbocycles. The van der Waals surface area contributed by atoms with Crippen LogP contribution in [-0.4, -0.2) is 96.7 Å². The molecule has 0 bridgehead atoms. The van der Waals surface area contributed by atoms with Gasteiger partial charge < -0.3 is 33.8 Å². The maximum Gasteiger partial charge on any atom is 0.472 e. The number of carbonyl (C=O) groups is 4. The van der Waals surface area contributed by atoms with Crippen LogP contribution in [0.2, 0.25) is 0 Å². The molecule has 6 atom stereocenters. The Morgan fingerprint density at radius 3 is 0.854 bits per heavy atom. The van der Waals surface area contributed by atoms with Crippen molar-refractivity contribution in [2.24, 2.45) is 11.8 Å². The summed E-state index contributed by atoms with van der Waals surface area (Å²) in [7, 11) is -9.90. The van der Waals surface area contributed by atoms with E-state index in [2.05, 4.69) is 41.5 Å². The van der Waals surface area contributed by atoms with E-state index in [0.29, 0.717) is 25.7 Å². The van der Waals surface area contributed by atoms with Gasteiger partial charge in [-0.25, -0.2) is 9.13 Å². The average Bonchev–Trinajstić information content (AvgIpc) is 3.67. The van der Waals surface area contributed by atoms with Crippen molar-refractivity contribution in [1.29, 1.82) is 0 Å². The van der Waals surface area contributed by atoms with E-state index in [1.165, 1.54) is 173 Å². The van der Waals surface area contributed by atoms with E-state index < -0.39 is 97.5 Å². The molecule has 0 spiro atoms. The summed E-state index contributed by atoms with van der Waals surface area (Å²) in [5.41, 5.74) is 0. The zero-order valence-electron chi connectivity index (χ0n) is 57.7. The molecule has 3 N–H and O–H groups in total. The van der Waals surface area contributed by atoms with Gasteiger partial charge in [0.25, 0.3) is 0 Å². The van der Waals surface area contributed by atoms with Crippen LogP contribution in [0.25, 0.3) is 0 Å². The maximum absolute atomic E-state index is 13.0. The van der Waals surface area contributed by atoms with Crippen LogP contribution in [0.15, 0.2) is 0 Å². The Hall–Kier alpha value is -1.94. The number of aliphatic hydroxyl groups is 1. The molecule has 0 fully saturated rings. The van der Waals surface area contributed by atoms with Crippen LogP contribution in [0.4, 0.5) is 0 Å². The van der Waals surface area contributed by atoms with Crippen molar-refractivity contribution >= 4 is 39.5 Å². The van der Waals surface area contributed by atoms with Crippen molar-refractivity contribution in [3.05, 3.63) is 0 Å². The molecule has 89 heavy (non-hydrogen) atoms. The summed E-state index contributed by atoms with van der Waals surface area (Å²) in [4.78, 5) is 72.5. The van der Waals surface area contributed by atoms with Gasteiger partial charge in [-0.05, 0) is 37.5 Å². The number of aliphatic hydroxyl groups excluding tert-OH is 1. The van der Waals surface area contributed by atoms with Gasteiger partial charge in [0.15, 0.2) is 12.2 Å². The predicted molar refractivity (Wildman–Crippen MR) is 358 cm³/mol. The fourth-order valence-corrected chi connectivity index (χ4v) is 12.1. The fourth-order valence-electron chi connectivity index (χ4n) is 10.6. The first kappa shape index (κ1) is 87.1. The number of hydrogen-bond donors (Lipinski definition) is 3. The normalized spacial score (nSPS) is 14.4. The second-order valence-corrected chi connectivity index (χ2v) is 28.9. The third-order valence-electron chi connectivity index (χ3n) is 16.6. The summed E-state index contributed by atoms with van der Waals surface area (Å²) in [6, 6.07) is 0. The van der Waals surface area contributed by atoms with Crippen molar-refractivity contribution in [3.63, 3.8) is 0 Å². The SMILES string of the molecule is CCCCCCCCCCCCCC(=O)OC[C@H](COP(=O)(O)OC[C@@H](O)COP(=O)(O)OC[C@@H](COC(=O)CCCCCCCCCCCC)OC(=O)CCCCCCCCC(C)CC)OC(=O)CCCCCCCCCCCCCCCCCC(C)C. The Balaban J connectivity index is 5.21. The van der Waals surface area contributed by atoms with Crippen LogP contribution >= 0.6 is 15.6 Å². The number of carbonyl (C=O) groups excluding carboxylic acids is 4. The van der Waals surface area contributed by atoms with Crippen LogP contribution in [0.5, 0.6) is 0 Å². The van der Waals surface area contributed by atoms with E-state index in [9.17, 15) is 43.2 Å². The summed E-state index contributed by atoms with van der Waals surface area (Å²) >= 11 is 0. The van der Waals surface area contributed by atoms with Crippen LogP contribution in [0.1, 0.15) is 356 Å². The van der Waals surface area contributed by atoms with E-state index in [1.54, 1.807) is 0 Å². The molecular weight excluding hydrogens is 1170 g/mol. The zero-order valence-corrected chi connectivity index (χ0v) is 59.5. The first-order valence-electron chi connectivity index (χ1n) is 36.5. The molecule has 0 heterocycles. The molecule has 0 aliphatic rings. The Morgan fingerprint density at radius 2 is 0.573 bits per heavy atom. The van der Waals surface area contributed by atoms with Crippen molar-refractivity contribution in [3.8, 4) is 0 Å². The molecule has 0 aliphatic carbocycles. The quantitative estimate of drug-likeness (QED) is 0.0222. The fraction of sp³-hybridized carbons (Fsp3) is 0.943. The largest absolute Gasteiger partial charge is 0.472 e. The smallest absolute Gasteiger partial charge is 0.462 e. The molecule has 0 saturated heterocycles. The summed E-state index contributed by atoms with van der Waals surface area (Å²) in [6.07, 6.45) is 47.2. The van der Waals surface area contributed by atoms with Crippen LogP contribution in [-0.2, 0) is 65.4 Å². The van der Waals surface area contributed by atoms with E-state index in [1.807, 2.05) is 0 Å². The van der Waals surface area contributed by atoms with Crippen molar-refractivity contribution < 1.29 is 80.2 Å². The van der Waals surface area contributed by atoms with Gasteiger partial charge in [0, 0.05) is 25.7 Å². The van der Waals surface area contributed by atoms with Gasteiger partial charge in [-0.15, -0.1) is 0 Å². The summed E-state index contributed by atoms with van der Waals surface area (Å²) in [5, 5.41) is 10.6. The lowest BCUT2D eigenvalue weighted by Crippen LogP contribution is -2.30. The van der Waals surface area contributed by atoms with Crippen molar-refractivity contribution in [1.82, 2.24) is 0 Å². The minimum Gasteiger partial charge on any atom is -0.462 e. The summed E-state index contributed by atoms with van der Waals surface area (Å²) in [6.45, 7) is 9.51. The standard InChI is InChI=1S/C70H136O17P2/c1-7-10-12-14-16-18-25-30-34-41-47-53-68(73)80-58-65(86-69(74)54-48-42-35-31-27-24-22-20-21-23-26-28-32-38-44-50-62(4)5)60-84-88(76,77)82-56-64(71)57-83-89(78,79)85-61-66(87-70(75)55-49-43-37-36-39-45-51-63(6)9-3)59-81-67(72)52-46-40-33-29-19-17-15-13-11-8-2/h62-66,71H,7-61H2,1-6H3,(H,76,77)(H,78,79)/t63?,64-,65-,66-/m1/s1. The van der Waals surface area contributed by atoms with Crippen LogP contribution in [0, 0.1) is 11.8 Å². The lowest BCUT2D eigenvalue weighted by molar-refractivity contribution is -0.161. The van der Waals surface area contributed by atoms with Crippen molar-refractivity contribution in [2.75, 3.05) is 39.6 Å². The average molecular weight is 1310 g/mol. The van der Waals surface area contributed by atoms with E-state index in [0.717, 1.165) is 102 Å². The lowest BCUT2D eigenvalue weighted by Gasteiger charge is -2.21. The molecule has 19 heteroatoms. The molecule has 0 rings (SSSR count). The highest BCUT2D eigenvalue weighted by molar-refractivity contribution is 7.47. The second-order valence-electron chi connectivity index (χ2n) is 26.0. The Morgan fingerprint density at radius 1 is 0.326 bits per heavy atom. The van der Waals surface area contributed by atoms with Gasteiger partial charge in [-0.2, -0.15) is 0 Å². The van der Waals surface area contributed by atoms with E-state index >= 15 is 0 Å². The molecule has 0 aromatic heterocycles. The minimum atomic E-state index is -4.95. The number of phosphoric acid groups is 2. The molecular formula is C70H136O17P2. The first-order valence-corrected chi connectivity index (χ1v) is 39.5. The van der Waals surface area contributed by atoms with E-state index in [4.69, 9.17) is 37.0 Å². The Kier molecular flexibility index (Phi) is 60.8. The number of hydrogen-bond acceptors (Lipinski definition) is 15. The molecule has 0 aromatic rings. The maximum atomic E-state index is 13.0. The highest BCUT2D eigenvalue weighted by Crippen LogP contribution is 2.45. The summed E-state index contributed by atoms with van der Waals surface area (Å²) < 4.78 is 68.2. The molecule has 0 saturated carbocycles. The molecule has 0 amide bonds.